The van der Waals surface area contributed by atoms with Gasteiger partial charge in [0.05, 0.1) is 0 Å². The second kappa shape index (κ2) is 12.0. The first-order valence-electron chi connectivity index (χ1n) is 20.1. The van der Waals surface area contributed by atoms with Gasteiger partial charge in [0.15, 0.2) is 0 Å². The summed E-state index contributed by atoms with van der Waals surface area (Å²) in [5.74, 6) is 0. The van der Waals surface area contributed by atoms with E-state index in [1.54, 1.807) is 0 Å². The molecule has 1 heteroatoms. The molecule has 274 valence electrons. The van der Waals surface area contributed by atoms with Gasteiger partial charge in [0, 0.05) is 16.2 Å². The van der Waals surface area contributed by atoms with Gasteiger partial charge in [0.2, 0.25) is 0 Å². The largest absolute Gasteiger partial charge is 0.456 e. The summed E-state index contributed by atoms with van der Waals surface area (Å²) in [6.45, 7) is 23.4. The Labute approximate surface area is 330 Å². The molecule has 56 heavy (non-hydrogen) atoms. The van der Waals surface area contributed by atoms with Crippen LogP contribution >= 0.6 is 0 Å². The van der Waals surface area contributed by atoms with E-state index in [0.717, 1.165) is 16.6 Å². The summed E-state index contributed by atoms with van der Waals surface area (Å²) in [5, 5.41) is 7.74. The Morgan fingerprint density at radius 3 is 1.54 bits per heavy atom. The van der Waals surface area contributed by atoms with E-state index in [1.807, 2.05) is 0 Å². The lowest BCUT2D eigenvalue weighted by molar-refractivity contribution is 0.660. The molecule has 0 atom stereocenters. The van der Waals surface area contributed by atoms with Crippen molar-refractivity contribution in [3.63, 3.8) is 0 Å². The highest BCUT2D eigenvalue weighted by Crippen LogP contribution is 2.53. The molecule has 1 aliphatic carbocycles. The molecule has 0 saturated carbocycles. The predicted molar refractivity (Wildman–Crippen MR) is 240 cm³/mol. The molecule has 1 aromatic heterocycles. The first-order valence-corrected chi connectivity index (χ1v) is 20.1. The zero-order valence-electron chi connectivity index (χ0n) is 34.3. The third-order valence-corrected chi connectivity index (χ3v) is 14.1. The number of fused-ring (bicyclic) bond motifs is 8. The number of furan rings is 1. The first kappa shape index (κ1) is 34.6. The minimum absolute atomic E-state index is 0.0181. The van der Waals surface area contributed by atoms with Crippen LogP contribution in [0.15, 0.2) is 114 Å². The van der Waals surface area contributed by atoms with Gasteiger partial charge >= 0.3 is 0 Å². The van der Waals surface area contributed by atoms with Gasteiger partial charge in [0.1, 0.15) is 11.2 Å². The van der Waals surface area contributed by atoms with Crippen molar-refractivity contribution in [1.82, 2.24) is 0 Å². The molecule has 1 aliphatic rings. The third kappa shape index (κ3) is 4.55. The molecule has 0 spiro atoms. The van der Waals surface area contributed by atoms with Crippen LogP contribution in [0, 0.1) is 55.4 Å². The molecule has 0 unspecified atom stereocenters. The van der Waals surface area contributed by atoms with Gasteiger partial charge in [-0.3, -0.25) is 0 Å². The van der Waals surface area contributed by atoms with Crippen molar-refractivity contribution in [2.45, 2.75) is 74.7 Å². The molecule has 1 nitrogen and oxygen atoms in total. The van der Waals surface area contributed by atoms with Crippen LogP contribution in [0.1, 0.15) is 69.5 Å². The molecule has 0 bridgehead atoms. The highest BCUT2D eigenvalue weighted by Gasteiger charge is 2.35. The monoisotopic (exact) mass is 724 g/mol. The van der Waals surface area contributed by atoms with E-state index >= 15 is 0 Å². The normalized spacial score (nSPS) is 13.3. The molecule has 8 aromatic carbocycles. The minimum atomic E-state index is -0.0181. The lowest BCUT2D eigenvalue weighted by Gasteiger charge is -2.27. The van der Waals surface area contributed by atoms with Crippen LogP contribution in [-0.2, 0) is 5.41 Å². The SMILES string of the molecule is Cc1c(C)c(C)c2c(-c3cccc4oc5ccccc5c34)c3c(C)c(C)c(C)c(C)c3c(-c3cccc(-c4ccc5c(c4)-c4ccccc4C5(C)C)c3)c2c1C. The molecule has 0 amide bonds. The van der Waals surface area contributed by atoms with Crippen molar-refractivity contribution in [3.8, 4) is 44.5 Å². The smallest absolute Gasteiger partial charge is 0.136 e. The summed E-state index contributed by atoms with van der Waals surface area (Å²) in [4.78, 5) is 0. The lowest BCUT2D eigenvalue weighted by atomic mass is 9.76. The summed E-state index contributed by atoms with van der Waals surface area (Å²) in [5.41, 5.74) is 25.8. The molecule has 0 saturated heterocycles. The van der Waals surface area contributed by atoms with Crippen molar-refractivity contribution >= 4 is 43.5 Å². The maximum Gasteiger partial charge on any atom is 0.136 e. The molecular weight excluding hydrogens is 677 g/mol. The highest BCUT2D eigenvalue weighted by molar-refractivity contribution is 6.28. The molecule has 1 heterocycles. The van der Waals surface area contributed by atoms with E-state index in [-0.39, 0.29) is 5.41 Å². The predicted octanol–water partition coefficient (Wildman–Crippen LogP) is 15.7. The Kier molecular flexibility index (Phi) is 7.43. The molecule has 0 aliphatic heterocycles. The van der Waals surface area contributed by atoms with Crippen LogP contribution in [-0.4, -0.2) is 0 Å². The van der Waals surface area contributed by atoms with E-state index in [2.05, 4.69) is 178 Å². The molecule has 9 aromatic rings. The van der Waals surface area contributed by atoms with Gasteiger partial charge in [-0.15, -0.1) is 0 Å². The van der Waals surface area contributed by atoms with Crippen molar-refractivity contribution in [1.29, 1.82) is 0 Å². The summed E-state index contributed by atoms with van der Waals surface area (Å²) < 4.78 is 6.54. The van der Waals surface area contributed by atoms with Crippen LogP contribution in [0.2, 0.25) is 0 Å². The zero-order chi connectivity index (χ0) is 38.9. The van der Waals surface area contributed by atoms with Gasteiger partial charge in [-0.05, 0) is 201 Å². The number of hydrogen-bond donors (Lipinski definition) is 0. The van der Waals surface area contributed by atoms with E-state index in [4.69, 9.17) is 4.42 Å². The number of benzene rings is 8. The van der Waals surface area contributed by atoms with Crippen molar-refractivity contribution < 1.29 is 4.42 Å². The van der Waals surface area contributed by atoms with Crippen LogP contribution in [0.25, 0.3) is 88.0 Å². The van der Waals surface area contributed by atoms with Crippen LogP contribution < -0.4 is 0 Å². The summed E-state index contributed by atoms with van der Waals surface area (Å²) in [6.07, 6.45) is 0. The highest BCUT2D eigenvalue weighted by atomic mass is 16.3. The van der Waals surface area contributed by atoms with Crippen LogP contribution in [0.5, 0.6) is 0 Å². The Balaban J connectivity index is 1.35. The topological polar surface area (TPSA) is 13.1 Å². The summed E-state index contributed by atoms with van der Waals surface area (Å²) in [7, 11) is 0. The van der Waals surface area contributed by atoms with E-state index in [1.165, 1.54) is 127 Å². The molecule has 0 radical (unpaired) electrons. The number of hydrogen-bond acceptors (Lipinski definition) is 1. The van der Waals surface area contributed by atoms with Gasteiger partial charge < -0.3 is 4.42 Å². The average molecular weight is 725 g/mol. The lowest BCUT2D eigenvalue weighted by Crippen LogP contribution is -2.14. The molecule has 0 N–H and O–H groups in total. The van der Waals surface area contributed by atoms with E-state index < -0.39 is 0 Å². The zero-order valence-corrected chi connectivity index (χ0v) is 34.3. The standard InChI is InChI=1S/C55H48O/c1-29-31(3)35(7)50-48(33(29)5)52(39-18-15-17-37(27-39)38-25-26-45-43(28-38)40-19-11-13-22-44(40)55(45,9)10)49-34(6)30(2)32(4)36(8)51(49)54(50)42-21-16-24-47-53(42)41-20-12-14-23-46(41)56-47/h11-28H,1-10H3. The Morgan fingerprint density at radius 2 is 0.857 bits per heavy atom. The second-order valence-electron chi connectivity index (χ2n) is 17.0. The van der Waals surface area contributed by atoms with Crippen LogP contribution in [0.4, 0.5) is 0 Å². The maximum atomic E-state index is 6.54. The number of rotatable bonds is 3. The van der Waals surface area contributed by atoms with E-state index in [9.17, 15) is 0 Å². The summed E-state index contributed by atoms with van der Waals surface area (Å²) >= 11 is 0. The first-order chi connectivity index (χ1) is 26.9. The fourth-order valence-corrected chi connectivity index (χ4v) is 10.4. The maximum absolute atomic E-state index is 6.54. The Bertz CT molecular complexity index is 3100. The van der Waals surface area contributed by atoms with Gasteiger partial charge in [-0.2, -0.15) is 0 Å². The number of aryl methyl sites for hydroxylation is 4. The van der Waals surface area contributed by atoms with Crippen molar-refractivity contribution in [3.05, 3.63) is 165 Å². The fraction of sp³-hybridized carbons (Fsp3) is 0.200. The Hall–Kier alpha value is -5.92. The second-order valence-corrected chi connectivity index (χ2v) is 17.0. The molecule has 0 fully saturated rings. The number of para-hydroxylation sites is 1. The van der Waals surface area contributed by atoms with Crippen molar-refractivity contribution in [2.75, 3.05) is 0 Å². The van der Waals surface area contributed by atoms with E-state index in [0.29, 0.717) is 0 Å². The minimum Gasteiger partial charge on any atom is -0.456 e. The van der Waals surface area contributed by atoms with Gasteiger partial charge in [0.25, 0.3) is 0 Å². The molecule has 10 rings (SSSR count). The van der Waals surface area contributed by atoms with Crippen LogP contribution in [0.3, 0.4) is 0 Å². The Morgan fingerprint density at radius 1 is 0.357 bits per heavy atom. The van der Waals surface area contributed by atoms with Gasteiger partial charge in [-0.1, -0.05) is 98.8 Å². The van der Waals surface area contributed by atoms with Gasteiger partial charge in [-0.25, -0.2) is 0 Å². The summed E-state index contributed by atoms with van der Waals surface area (Å²) in [6, 6.07) is 40.6. The van der Waals surface area contributed by atoms with Crippen molar-refractivity contribution in [2.24, 2.45) is 0 Å². The fourth-order valence-electron chi connectivity index (χ4n) is 10.4. The molecular formula is C55H48O. The quantitative estimate of drug-likeness (QED) is 0.165. The third-order valence-electron chi connectivity index (χ3n) is 14.1. The average Bonchev–Trinajstić information content (AvgIpc) is 3.71.